The molecule has 0 radical (unpaired) electrons. The highest BCUT2D eigenvalue weighted by Gasteiger charge is 2.11. The zero-order chi connectivity index (χ0) is 11.5. The van der Waals surface area contributed by atoms with E-state index in [0.29, 0.717) is 9.48 Å². The number of thiazole rings is 1. The summed E-state index contributed by atoms with van der Waals surface area (Å²) in [7, 11) is 0. The molecule has 0 saturated carbocycles. The number of rotatable bonds is 3. The summed E-state index contributed by atoms with van der Waals surface area (Å²) in [6, 6.07) is 2.43. The topological polar surface area (TPSA) is 22.1 Å². The Morgan fingerprint density at radius 2 is 2.19 bits per heavy atom. The molecule has 0 atom stereocenters. The van der Waals surface area contributed by atoms with Crippen molar-refractivity contribution in [2.24, 2.45) is 0 Å². The lowest BCUT2D eigenvalue weighted by atomic mass is 10.3. The standard InChI is InChI=1S/C10H6BrF2NOS/c11-6-3-7(12)10(13)8(4-6)15-5-9-14-1-2-16-9/h1-4H,5H2. The van der Waals surface area contributed by atoms with E-state index >= 15 is 0 Å². The van der Waals surface area contributed by atoms with Crippen molar-refractivity contribution in [1.29, 1.82) is 0 Å². The minimum absolute atomic E-state index is 0.123. The van der Waals surface area contributed by atoms with E-state index in [9.17, 15) is 8.78 Å². The van der Waals surface area contributed by atoms with Gasteiger partial charge in [0.15, 0.2) is 11.6 Å². The molecule has 84 valence electrons. The second kappa shape index (κ2) is 4.88. The van der Waals surface area contributed by atoms with E-state index < -0.39 is 11.6 Å². The Morgan fingerprint density at radius 1 is 1.38 bits per heavy atom. The summed E-state index contributed by atoms with van der Waals surface area (Å²) in [6.07, 6.45) is 1.63. The third kappa shape index (κ3) is 2.56. The van der Waals surface area contributed by atoms with Crippen molar-refractivity contribution in [1.82, 2.24) is 4.98 Å². The first kappa shape index (κ1) is 11.5. The highest BCUT2D eigenvalue weighted by molar-refractivity contribution is 9.10. The van der Waals surface area contributed by atoms with Gasteiger partial charge in [0.2, 0.25) is 5.82 Å². The number of aromatic nitrogens is 1. The first-order chi connectivity index (χ1) is 7.66. The first-order valence-electron chi connectivity index (χ1n) is 4.32. The van der Waals surface area contributed by atoms with E-state index in [-0.39, 0.29) is 12.4 Å². The molecular weight excluding hydrogens is 300 g/mol. The largest absolute Gasteiger partial charge is 0.483 e. The number of hydrogen-bond acceptors (Lipinski definition) is 3. The highest BCUT2D eigenvalue weighted by Crippen LogP contribution is 2.26. The van der Waals surface area contributed by atoms with Gasteiger partial charge in [0, 0.05) is 16.0 Å². The number of benzene rings is 1. The van der Waals surface area contributed by atoms with Crippen LogP contribution in [0.1, 0.15) is 5.01 Å². The first-order valence-corrected chi connectivity index (χ1v) is 6.00. The lowest BCUT2D eigenvalue weighted by molar-refractivity contribution is 0.284. The number of ether oxygens (including phenoxy) is 1. The van der Waals surface area contributed by atoms with Gasteiger partial charge in [-0.1, -0.05) is 15.9 Å². The van der Waals surface area contributed by atoms with Gasteiger partial charge in [-0.2, -0.15) is 4.39 Å². The van der Waals surface area contributed by atoms with Gasteiger partial charge in [-0.25, -0.2) is 9.37 Å². The Morgan fingerprint density at radius 3 is 2.88 bits per heavy atom. The lowest BCUT2D eigenvalue weighted by Crippen LogP contribution is -1.98. The second-order valence-corrected chi connectivity index (χ2v) is 4.81. The fourth-order valence-electron chi connectivity index (χ4n) is 1.10. The molecule has 0 amide bonds. The average Bonchev–Trinajstić information content (AvgIpc) is 2.74. The van der Waals surface area contributed by atoms with Crippen molar-refractivity contribution in [3.63, 3.8) is 0 Å². The number of hydrogen-bond donors (Lipinski definition) is 0. The molecule has 2 rings (SSSR count). The summed E-state index contributed by atoms with van der Waals surface area (Å²) in [5.74, 6) is -2.05. The van der Waals surface area contributed by atoms with Gasteiger partial charge < -0.3 is 4.74 Å². The van der Waals surface area contributed by atoms with Gasteiger partial charge in [-0.15, -0.1) is 11.3 Å². The van der Waals surface area contributed by atoms with Gasteiger partial charge in [0.25, 0.3) is 0 Å². The van der Waals surface area contributed by atoms with Crippen LogP contribution in [0.15, 0.2) is 28.2 Å². The average molecular weight is 306 g/mol. The molecule has 1 aromatic carbocycles. The zero-order valence-electron chi connectivity index (χ0n) is 7.91. The van der Waals surface area contributed by atoms with Gasteiger partial charge in [0.05, 0.1) is 0 Å². The molecular formula is C10H6BrF2NOS. The SMILES string of the molecule is Fc1cc(Br)cc(OCc2nccs2)c1F. The van der Waals surface area contributed by atoms with Crippen LogP contribution in [0.5, 0.6) is 5.75 Å². The Bertz CT molecular complexity index is 490. The summed E-state index contributed by atoms with van der Waals surface area (Å²) in [5.41, 5.74) is 0. The van der Waals surface area contributed by atoms with Crippen molar-refractivity contribution in [2.75, 3.05) is 0 Å². The Balaban J connectivity index is 2.15. The number of nitrogens with zero attached hydrogens (tertiary/aromatic N) is 1. The minimum atomic E-state index is -0.986. The molecule has 0 spiro atoms. The van der Waals surface area contributed by atoms with E-state index in [0.717, 1.165) is 6.07 Å². The molecule has 1 aromatic heterocycles. The van der Waals surface area contributed by atoms with Crippen LogP contribution in [0.25, 0.3) is 0 Å². The molecule has 6 heteroatoms. The molecule has 0 aliphatic carbocycles. The molecule has 1 heterocycles. The maximum Gasteiger partial charge on any atom is 0.200 e. The molecule has 16 heavy (non-hydrogen) atoms. The third-order valence-electron chi connectivity index (χ3n) is 1.79. The van der Waals surface area contributed by atoms with Crippen LogP contribution in [0, 0.1) is 11.6 Å². The normalized spacial score (nSPS) is 10.4. The molecule has 0 bridgehead atoms. The number of halogens is 3. The van der Waals surface area contributed by atoms with E-state index in [1.807, 2.05) is 0 Å². The summed E-state index contributed by atoms with van der Waals surface area (Å²) in [6.45, 7) is 0.129. The zero-order valence-corrected chi connectivity index (χ0v) is 10.3. The van der Waals surface area contributed by atoms with Gasteiger partial charge in [-0.05, 0) is 12.1 Å². The van der Waals surface area contributed by atoms with Crippen molar-refractivity contribution in [3.05, 3.63) is 44.8 Å². The van der Waals surface area contributed by atoms with Gasteiger partial charge in [-0.3, -0.25) is 0 Å². The van der Waals surface area contributed by atoms with Crippen LogP contribution in [-0.4, -0.2) is 4.98 Å². The van der Waals surface area contributed by atoms with Crippen LogP contribution in [-0.2, 0) is 6.61 Å². The van der Waals surface area contributed by atoms with Crippen LogP contribution in [0.2, 0.25) is 0 Å². The Hall–Kier alpha value is -1.01. The lowest BCUT2D eigenvalue weighted by Gasteiger charge is -2.06. The molecule has 0 aliphatic rings. The maximum absolute atomic E-state index is 13.3. The highest BCUT2D eigenvalue weighted by atomic mass is 79.9. The summed E-state index contributed by atoms with van der Waals surface area (Å²) < 4.78 is 31.9. The molecule has 2 aromatic rings. The molecule has 0 fully saturated rings. The molecule has 0 unspecified atom stereocenters. The van der Waals surface area contributed by atoms with Crippen molar-refractivity contribution >= 4 is 27.3 Å². The predicted octanol–water partition coefficient (Wildman–Crippen LogP) is 3.76. The van der Waals surface area contributed by atoms with Crippen molar-refractivity contribution in [3.8, 4) is 5.75 Å². The summed E-state index contributed by atoms with van der Waals surface area (Å²) >= 11 is 4.46. The van der Waals surface area contributed by atoms with E-state index in [1.165, 1.54) is 17.4 Å². The fraction of sp³-hybridized carbons (Fsp3) is 0.100. The minimum Gasteiger partial charge on any atom is -0.483 e. The van der Waals surface area contributed by atoms with E-state index in [4.69, 9.17) is 4.74 Å². The van der Waals surface area contributed by atoms with Crippen LogP contribution >= 0.6 is 27.3 Å². The van der Waals surface area contributed by atoms with Gasteiger partial charge >= 0.3 is 0 Å². The molecule has 0 saturated heterocycles. The van der Waals surface area contributed by atoms with Crippen LogP contribution in [0.4, 0.5) is 8.78 Å². The summed E-state index contributed by atoms with van der Waals surface area (Å²) in [4.78, 5) is 3.97. The van der Waals surface area contributed by atoms with Gasteiger partial charge in [0.1, 0.15) is 11.6 Å². The molecule has 0 N–H and O–H groups in total. The van der Waals surface area contributed by atoms with Crippen LogP contribution < -0.4 is 4.74 Å². The molecule has 0 aliphatic heterocycles. The fourth-order valence-corrected chi connectivity index (χ4v) is 2.04. The third-order valence-corrected chi connectivity index (χ3v) is 3.01. The predicted molar refractivity (Wildman–Crippen MR) is 60.5 cm³/mol. The molecule has 2 nitrogen and oxygen atoms in total. The van der Waals surface area contributed by atoms with Crippen molar-refractivity contribution < 1.29 is 13.5 Å². The summed E-state index contributed by atoms with van der Waals surface area (Å²) in [5, 5.41) is 2.50. The monoisotopic (exact) mass is 305 g/mol. The maximum atomic E-state index is 13.3. The second-order valence-electron chi connectivity index (χ2n) is 2.91. The van der Waals surface area contributed by atoms with E-state index in [2.05, 4.69) is 20.9 Å². The quantitative estimate of drug-likeness (QED) is 0.806. The Kier molecular flexibility index (Phi) is 3.50. The Labute approximate surface area is 103 Å². The van der Waals surface area contributed by atoms with E-state index in [1.54, 1.807) is 11.6 Å². The van der Waals surface area contributed by atoms with Crippen molar-refractivity contribution in [2.45, 2.75) is 6.61 Å². The van der Waals surface area contributed by atoms with Crippen LogP contribution in [0.3, 0.4) is 0 Å². The smallest absolute Gasteiger partial charge is 0.200 e.